The van der Waals surface area contributed by atoms with Gasteiger partial charge in [0.1, 0.15) is 17.3 Å². The van der Waals surface area contributed by atoms with Crippen LogP contribution >= 0.6 is 0 Å². The van der Waals surface area contributed by atoms with Crippen molar-refractivity contribution in [1.82, 2.24) is 0 Å². The first-order chi connectivity index (χ1) is 13.3. The third-order valence-electron chi connectivity index (χ3n) is 3.49. The van der Waals surface area contributed by atoms with Crippen molar-refractivity contribution in [2.75, 3.05) is 24.9 Å². The van der Waals surface area contributed by atoms with Gasteiger partial charge in [0, 0.05) is 29.8 Å². The molecule has 0 atom stereocenters. The van der Waals surface area contributed by atoms with Crippen molar-refractivity contribution < 1.29 is 33.4 Å². The van der Waals surface area contributed by atoms with Crippen LogP contribution in [-0.2, 0) is 9.59 Å². The first-order valence-electron chi connectivity index (χ1n) is 7.89. The lowest BCUT2D eigenvalue weighted by Crippen LogP contribution is -2.14. The molecule has 3 N–H and O–H groups in total. The lowest BCUT2D eigenvalue weighted by Gasteiger charge is -2.16. The number of carboxylic acid groups (broad SMARTS) is 1. The number of amides is 2. The van der Waals surface area contributed by atoms with Gasteiger partial charge in [0.15, 0.2) is 0 Å². The number of benzene rings is 2. The Morgan fingerprint density at radius 3 is 2.11 bits per heavy atom. The van der Waals surface area contributed by atoms with Gasteiger partial charge in [-0.3, -0.25) is 9.59 Å². The Morgan fingerprint density at radius 2 is 1.57 bits per heavy atom. The Bertz CT molecular complexity index is 942. The van der Waals surface area contributed by atoms with Gasteiger partial charge >= 0.3 is 5.97 Å². The number of anilines is 2. The van der Waals surface area contributed by atoms with Crippen molar-refractivity contribution in [2.24, 2.45) is 0 Å². The summed E-state index contributed by atoms with van der Waals surface area (Å²) in [5.41, 5.74) is 0.535. The van der Waals surface area contributed by atoms with Crippen LogP contribution in [0.2, 0.25) is 0 Å². The molecule has 0 radical (unpaired) electrons. The molecule has 0 heterocycles. The van der Waals surface area contributed by atoms with Crippen molar-refractivity contribution in [3.05, 3.63) is 59.9 Å². The van der Waals surface area contributed by atoms with Gasteiger partial charge in [-0.25, -0.2) is 9.18 Å². The molecule has 0 unspecified atom stereocenters. The number of aliphatic carboxylic acids is 1. The summed E-state index contributed by atoms with van der Waals surface area (Å²) in [7, 11) is 2.71. The van der Waals surface area contributed by atoms with E-state index >= 15 is 0 Å². The van der Waals surface area contributed by atoms with E-state index in [1.54, 1.807) is 0 Å². The molecule has 0 bridgehead atoms. The molecule has 0 saturated heterocycles. The van der Waals surface area contributed by atoms with Crippen LogP contribution < -0.4 is 20.1 Å². The predicted molar refractivity (Wildman–Crippen MR) is 99.3 cm³/mol. The Morgan fingerprint density at radius 1 is 0.964 bits per heavy atom. The Balaban J connectivity index is 2.30. The molecule has 0 fully saturated rings. The fraction of sp³-hybridized carbons (Fsp3) is 0.105. The number of rotatable bonds is 7. The van der Waals surface area contributed by atoms with Crippen LogP contribution in [0.15, 0.2) is 48.6 Å². The van der Waals surface area contributed by atoms with Crippen molar-refractivity contribution in [3.63, 3.8) is 0 Å². The third-order valence-corrected chi connectivity index (χ3v) is 3.49. The van der Waals surface area contributed by atoms with Crippen LogP contribution in [0, 0.1) is 5.82 Å². The monoisotopic (exact) mass is 388 g/mol. The zero-order chi connectivity index (χ0) is 20.7. The molecule has 2 aromatic carbocycles. The minimum absolute atomic E-state index is 0.109. The van der Waals surface area contributed by atoms with Gasteiger partial charge in [-0.2, -0.15) is 0 Å². The maximum Gasteiger partial charge on any atom is 0.328 e. The highest BCUT2D eigenvalue weighted by Crippen LogP contribution is 2.36. The van der Waals surface area contributed by atoms with Gasteiger partial charge in [-0.15, -0.1) is 0 Å². The molecule has 0 aromatic heterocycles. The van der Waals surface area contributed by atoms with Gasteiger partial charge in [0.05, 0.1) is 25.6 Å². The molecule has 28 heavy (non-hydrogen) atoms. The third kappa shape index (κ3) is 5.31. The van der Waals surface area contributed by atoms with Crippen molar-refractivity contribution in [1.29, 1.82) is 0 Å². The fourth-order valence-electron chi connectivity index (χ4n) is 2.24. The standard InChI is InChI=1S/C19H17FN2O6/c1-27-15-10-14(22-19(26)11-4-3-5-12(20)8-11)16(28-2)9-13(15)21-17(23)6-7-18(24)25/h3-10H,1-2H3,(H,21,23)(H,22,26)(H,24,25)/b7-6+. The minimum atomic E-state index is -1.27. The molecule has 2 rings (SSSR count). The molecule has 2 amide bonds. The number of carbonyl (C=O) groups is 3. The van der Waals surface area contributed by atoms with Gasteiger partial charge in [0.2, 0.25) is 5.91 Å². The minimum Gasteiger partial charge on any atom is -0.494 e. The molecule has 0 saturated carbocycles. The lowest BCUT2D eigenvalue weighted by molar-refractivity contribution is -0.131. The first-order valence-corrected chi connectivity index (χ1v) is 7.89. The molecule has 0 aliphatic heterocycles. The number of hydrogen-bond acceptors (Lipinski definition) is 5. The van der Waals surface area contributed by atoms with Crippen LogP contribution in [0.3, 0.4) is 0 Å². The summed E-state index contributed by atoms with van der Waals surface area (Å²) >= 11 is 0. The van der Waals surface area contributed by atoms with E-state index in [2.05, 4.69) is 10.6 Å². The molecule has 0 aliphatic rings. The summed E-state index contributed by atoms with van der Waals surface area (Å²) in [5.74, 6) is -2.70. The summed E-state index contributed by atoms with van der Waals surface area (Å²) in [6.45, 7) is 0. The second kappa shape index (κ2) is 9.17. The summed E-state index contributed by atoms with van der Waals surface area (Å²) in [6, 6.07) is 7.97. The van der Waals surface area contributed by atoms with Crippen molar-refractivity contribution >= 4 is 29.2 Å². The average Bonchev–Trinajstić information content (AvgIpc) is 2.67. The van der Waals surface area contributed by atoms with E-state index in [1.807, 2.05) is 0 Å². The molecular formula is C19H17FN2O6. The van der Waals surface area contributed by atoms with Crippen LogP contribution in [0.5, 0.6) is 11.5 Å². The van der Waals surface area contributed by atoms with Gasteiger partial charge < -0.3 is 25.2 Å². The second-order valence-electron chi connectivity index (χ2n) is 5.38. The molecular weight excluding hydrogens is 371 g/mol. The predicted octanol–water partition coefficient (Wildman–Crippen LogP) is 2.67. The Hall–Kier alpha value is -3.88. The molecule has 0 aliphatic carbocycles. The quantitative estimate of drug-likeness (QED) is 0.629. The van der Waals surface area contributed by atoms with Crippen LogP contribution in [0.4, 0.5) is 15.8 Å². The van der Waals surface area contributed by atoms with E-state index in [4.69, 9.17) is 14.6 Å². The molecule has 9 heteroatoms. The molecule has 8 nitrogen and oxygen atoms in total. The average molecular weight is 388 g/mol. The van der Waals surface area contributed by atoms with E-state index in [-0.39, 0.29) is 28.4 Å². The van der Waals surface area contributed by atoms with Crippen molar-refractivity contribution in [2.45, 2.75) is 0 Å². The highest BCUT2D eigenvalue weighted by molar-refractivity contribution is 6.06. The van der Waals surface area contributed by atoms with E-state index in [1.165, 1.54) is 44.6 Å². The largest absolute Gasteiger partial charge is 0.494 e. The zero-order valence-corrected chi connectivity index (χ0v) is 15.0. The van der Waals surface area contributed by atoms with Crippen LogP contribution in [0.1, 0.15) is 10.4 Å². The smallest absolute Gasteiger partial charge is 0.328 e. The normalized spacial score (nSPS) is 10.4. The first kappa shape index (κ1) is 20.4. The van der Waals surface area contributed by atoms with Crippen LogP contribution in [-0.4, -0.2) is 37.1 Å². The van der Waals surface area contributed by atoms with E-state index in [0.717, 1.165) is 12.1 Å². The molecule has 0 spiro atoms. The summed E-state index contributed by atoms with van der Waals surface area (Å²) in [5, 5.41) is 13.6. The van der Waals surface area contributed by atoms with Gasteiger partial charge in [0.25, 0.3) is 5.91 Å². The summed E-state index contributed by atoms with van der Waals surface area (Å²) in [6.07, 6.45) is 1.53. The lowest BCUT2D eigenvalue weighted by atomic mass is 10.2. The van der Waals surface area contributed by atoms with Crippen LogP contribution in [0.25, 0.3) is 0 Å². The highest BCUT2D eigenvalue weighted by Gasteiger charge is 2.16. The number of nitrogens with one attached hydrogen (secondary N) is 2. The Kier molecular flexibility index (Phi) is 6.69. The zero-order valence-electron chi connectivity index (χ0n) is 15.0. The number of methoxy groups -OCH3 is 2. The number of hydrogen-bond donors (Lipinski definition) is 3. The summed E-state index contributed by atoms with van der Waals surface area (Å²) < 4.78 is 23.7. The van der Waals surface area contributed by atoms with Gasteiger partial charge in [-0.05, 0) is 18.2 Å². The highest BCUT2D eigenvalue weighted by atomic mass is 19.1. The summed E-state index contributed by atoms with van der Waals surface area (Å²) in [4.78, 5) is 34.6. The second-order valence-corrected chi connectivity index (χ2v) is 5.38. The van der Waals surface area contributed by atoms with E-state index < -0.39 is 23.6 Å². The SMILES string of the molecule is COc1cc(NC(=O)c2cccc(F)c2)c(OC)cc1NC(=O)/C=C/C(=O)O. The van der Waals surface area contributed by atoms with Crippen molar-refractivity contribution in [3.8, 4) is 11.5 Å². The van der Waals surface area contributed by atoms with E-state index in [9.17, 15) is 18.8 Å². The number of ether oxygens (including phenoxy) is 2. The maximum atomic E-state index is 13.3. The number of carbonyl (C=O) groups excluding carboxylic acids is 2. The van der Waals surface area contributed by atoms with Gasteiger partial charge in [-0.1, -0.05) is 6.07 Å². The molecule has 146 valence electrons. The maximum absolute atomic E-state index is 13.3. The van der Waals surface area contributed by atoms with E-state index in [0.29, 0.717) is 6.08 Å². The fourth-order valence-corrected chi connectivity index (χ4v) is 2.24. The molecule has 2 aromatic rings. The number of carboxylic acids is 1. The Labute approximate surface area is 159 Å². The topological polar surface area (TPSA) is 114 Å². The number of halogens is 1.